The van der Waals surface area contributed by atoms with Gasteiger partial charge in [0.05, 0.1) is 12.1 Å². The number of hydrogen-bond donors (Lipinski definition) is 0. The number of hydroxylamine groups is 2. The first-order valence-corrected chi connectivity index (χ1v) is 4.32. The first-order valence-electron chi connectivity index (χ1n) is 3.57. The van der Waals surface area contributed by atoms with Crippen molar-refractivity contribution in [1.29, 1.82) is 0 Å². The van der Waals surface area contributed by atoms with Crippen LogP contribution in [0.2, 0.25) is 10.2 Å². The Morgan fingerprint density at radius 3 is 2.64 bits per heavy atom. The Morgan fingerprint density at radius 2 is 2.14 bits per heavy atom. The number of carbonyl (C=O) groups excluding carboxylic acids is 1. The van der Waals surface area contributed by atoms with Gasteiger partial charge in [0.25, 0.3) is 5.91 Å². The largest absolute Gasteiger partial charge is 0.297 e. The van der Waals surface area contributed by atoms with Crippen molar-refractivity contribution in [1.82, 2.24) is 15.3 Å². The minimum Gasteiger partial charge on any atom is -0.274 e. The van der Waals surface area contributed by atoms with Gasteiger partial charge in [-0.05, 0) is 6.07 Å². The van der Waals surface area contributed by atoms with E-state index >= 15 is 0 Å². The Kier molecular flexibility index (Phi) is 3.62. The van der Waals surface area contributed by atoms with E-state index in [1.54, 1.807) is 0 Å². The van der Waals surface area contributed by atoms with Crippen molar-refractivity contribution < 1.29 is 9.63 Å². The zero-order chi connectivity index (χ0) is 10.7. The SMILES string of the molecule is CON(C)C(=O)c1cc(Cl)c(Cl)nn1. The fourth-order valence-electron chi connectivity index (χ4n) is 0.703. The summed E-state index contributed by atoms with van der Waals surface area (Å²) in [5, 5.41) is 8.31. The van der Waals surface area contributed by atoms with Crippen LogP contribution in [0, 0.1) is 0 Å². The second-order valence-corrected chi connectivity index (χ2v) is 3.12. The molecule has 76 valence electrons. The minimum absolute atomic E-state index is 0.0586. The summed E-state index contributed by atoms with van der Waals surface area (Å²) in [6.45, 7) is 0. The molecule has 0 saturated heterocycles. The predicted octanol–water partition coefficient (Wildman–Crippen LogP) is 1.42. The molecule has 1 aromatic rings. The van der Waals surface area contributed by atoms with Crippen LogP contribution in [-0.4, -0.2) is 35.3 Å². The van der Waals surface area contributed by atoms with Crippen LogP contribution < -0.4 is 0 Å². The van der Waals surface area contributed by atoms with Crippen molar-refractivity contribution >= 4 is 29.1 Å². The topological polar surface area (TPSA) is 55.3 Å². The third-order valence-corrected chi connectivity index (χ3v) is 2.15. The summed E-state index contributed by atoms with van der Waals surface area (Å²) < 4.78 is 0. The number of amides is 1. The van der Waals surface area contributed by atoms with Crippen LogP contribution in [0.1, 0.15) is 10.5 Å². The number of halogens is 2. The lowest BCUT2D eigenvalue weighted by Gasteiger charge is -2.12. The molecule has 0 unspecified atom stereocenters. The molecule has 0 aliphatic rings. The summed E-state index contributed by atoms with van der Waals surface area (Å²) >= 11 is 11.2. The second-order valence-electron chi connectivity index (χ2n) is 2.35. The smallest absolute Gasteiger partial charge is 0.274 e. The molecule has 0 fully saturated rings. The van der Waals surface area contributed by atoms with E-state index in [-0.39, 0.29) is 15.9 Å². The zero-order valence-corrected chi connectivity index (χ0v) is 9.00. The Labute approximate surface area is 90.5 Å². The third-order valence-electron chi connectivity index (χ3n) is 1.49. The van der Waals surface area contributed by atoms with Gasteiger partial charge < -0.3 is 0 Å². The lowest BCUT2D eigenvalue weighted by molar-refractivity contribution is -0.0761. The molecule has 1 heterocycles. The van der Waals surface area contributed by atoms with Crippen LogP contribution in [0.25, 0.3) is 0 Å². The molecular weight excluding hydrogens is 229 g/mol. The molecule has 1 rings (SSSR count). The van der Waals surface area contributed by atoms with Gasteiger partial charge in [-0.2, -0.15) is 0 Å². The van der Waals surface area contributed by atoms with E-state index < -0.39 is 5.91 Å². The minimum atomic E-state index is -0.446. The average molecular weight is 236 g/mol. The summed E-state index contributed by atoms with van der Waals surface area (Å²) in [6, 6.07) is 1.33. The summed E-state index contributed by atoms with van der Waals surface area (Å²) in [6.07, 6.45) is 0. The first-order chi connectivity index (χ1) is 6.56. The lowest BCUT2D eigenvalue weighted by Crippen LogP contribution is -2.26. The fourth-order valence-corrected chi connectivity index (χ4v) is 0.936. The van der Waals surface area contributed by atoms with Gasteiger partial charge in [0.1, 0.15) is 0 Å². The van der Waals surface area contributed by atoms with Crippen molar-refractivity contribution in [2.45, 2.75) is 0 Å². The van der Waals surface area contributed by atoms with Crippen molar-refractivity contribution in [3.8, 4) is 0 Å². The van der Waals surface area contributed by atoms with E-state index in [2.05, 4.69) is 15.0 Å². The highest BCUT2D eigenvalue weighted by molar-refractivity contribution is 6.41. The van der Waals surface area contributed by atoms with Crippen LogP contribution in [0.5, 0.6) is 0 Å². The normalized spacial score (nSPS) is 10.0. The molecule has 0 atom stereocenters. The monoisotopic (exact) mass is 235 g/mol. The number of rotatable bonds is 2. The maximum absolute atomic E-state index is 11.4. The van der Waals surface area contributed by atoms with Crippen molar-refractivity contribution in [2.75, 3.05) is 14.2 Å². The van der Waals surface area contributed by atoms with Gasteiger partial charge in [0.2, 0.25) is 0 Å². The van der Waals surface area contributed by atoms with E-state index in [9.17, 15) is 4.79 Å². The van der Waals surface area contributed by atoms with Gasteiger partial charge >= 0.3 is 0 Å². The van der Waals surface area contributed by atoms with E-state index in [0.29, 0.717) is 0 Å². The van der Waals surface area contributed by atoms with Gasteiger partial charge in [-0.3, -0.25) is 9.63 Å². The summed E-state index contributed by atoms with van der Waals surface area (Å²) in [7, 11) is 2.81. The quantitative estimate of drug-likeness (QED) is 0.728. The van der Waals surface area contributed by atoms with Crippen LogP contribution in [-0.2, 0) is 4.84 Å². The van der Waals surface area contributed by atoms with Crippen LogP contribution in [0.4, 0.5) is 0 Å². The summed E-state index contributed by atoms with van der Waals surface area (Å²) in [4.78, 5) is 16.1. The van der Waals surface area contributed by atoms with Gasteiger partial charge in [0.15, 0.2) is 10.8 Å². The molecule has 1 amide bonds. The summed E-state index contributed by atoms with van der Waals surface area (Å²) in [5.74, 6) is -0.446. The molecule has 0 aliphatic heterocycles. The molecular formula is C7H7Cl2N3O2. The molecule has 0 saturated carbocycles. The van der Waals surface area contributed by atoms with Gasteiger partial charge in [-0.25, -0.2) is 5.06 Å². The maximum Gasteiger partial charge on any atom is 0.297 e. The fraction of sp³-hybridized carbons (Fsp3) is 0.286. The number of hydrogen-bond acceptors (Lipinski definition) is 4. The molecule has 0 radical (unpaired) electrons. The van der Waals surface area contributed by atoms with Gasteiger partial charge in [0, 0.05) is 7.05 Å². The van der Waals surface area contributed by atoms with Gasteiger partial charge in [-0.1, -0.05) is 23.2 Å². The van der Waals surface area contributed by atoms with Crippen molar-refractivity contribution in [2.24, 2.45) is 0 Å². The first kappa shape index (κ1) is 11.2. The van der Waals surface area contributed by atoms with E-state index in [4.69, 9.17) is 23.2 Å². The molecule has 0 aliphatic carbocycles. The molecule has 14 heavy (non-hydrogen) atoms. The maximum atomic E-state index is 11.4. The van der Waals surface area contributed by atoms with Crippen LogP contribution in [0.15, 0.2) is 6.07 Å². The van der Waals surface area contributed by atoms with Gasteiger partial charge in [-0.15, -0.1) is 10.2 Å². The van der Waals surface area contributed by atoms with E-state index in [0.717, 1.165) is 5.06 Å². The second kappa shape index (κ2) is 4.54. The average Bonchev–Trinajstić information content (AvgIpc) is 2.20. The Bertz CT molecular complexity index is 359. The molecule has 1 aromatic heterocycles. The molecule has 0 N–H and O–H groups in total. The predicted molar refractivity (Wildman–Crippen MR) is 51.2 cm³/mol. The molecule has 0 bridgehead atoms. The summed E-state index contributed by atoms with van der Waals surface area (Å²) in [5.41, 5.74) is 0.0729. The molecule has 5 nitrogen and oxygen atoms in total. The molecule has 0 spiro atoms. The number of nitrogens with zero attached hydrogens (tertiary/aromatic N) is 3. The number of aromatic nitrogens is 2. The van der Waals surface area contributed by atoms with E-state index in [1.807, 2.05) is 0 Å². The van der Waals surface area contributed by atoms with E-state index in [1.165, 1.54) is 20.2 Å². The Hall–Kier alpha value is -0.910. The van der Waals surface area contributed by atoms with Crippen LogP contribution in [0.3, 0.4) is 0 Å². The highest BCUT2D eigenvalue weighted by atomic mass is 35.5. The zero-order valence-electron chi connectivity index (χ0n) is 7.49. The lowest BCUT2D eigenvalue weighted by atomic mass is 10.4. The molecule has 0 aromatic carbocycles. The highest BCUT2D eigenvalue weighted by Gasteiger charge is 2.15. The number of carbonyl (C=O) groups is 1. The Balaban J connectivity index is 2.97. The standard InChI is InChI=1S/C7H7Cl2N3O2/c1-12(14-2)7(13)5-3-4(8)6(9)11-10-5/h3H,1-2H3. The van der Waals surface area contributed by atoms with Crippen molar-refractivity contribution in [3.63, 3.8) is 0 Å². The Morgan fingerprint density at radius 1 is 1.50 bits per heavy atom. The molecule has 7 heteroatoms. The third kappa shape index (κ3) is 2.31. The van der Waals surface area contributed by atoms with Crippen LogP contribution >= 0.6 is 23.2 Å². The van der Waals surface area contributed by atoms with Crippen molar-refractivity contribution in [3.05, 3.63) is 21.9 Å². The highest BCUT2D eigenvalue weighted by Crippen LogP contribution is 2.18.